The lowest BCUT2D eigenvalue weighted by Gasteiger charge is -2.26. The molecule has 1 aromatic rings. The fourth-order valence-electron chi connectivity index (χ4n) is 1.91. The number of rotatable bonds is 3. The van der Waals surface area contributed by atoms with E-state index >= 15 is 0 Å². The summed E-state index contributed by atoms with van der Waals surface area (Å²) in [7, 11) is 0. The van der Waals surface area contributed by atoms with E-state index in [9.17, 15) is 4.79 Å². The van der Waals surface area contributed by atoms with E-state index in [0.29, 0.717) is 19.6 Å². The van der Waals surface area contributed by atoms with Gasteiger partial charge in [0.15, 0.2) is 0 Å². The van der Waals surface area contributed by atoms with Crippen LogP contribution in [-0.2, 0) is 16.0 Å². The second kappa shape index (κ2) is 6.17. The Morgan fingerprint density at radius 3 is 2.71 bits per heavy atom. The van der Waals surface area contributed by atoms with Gasteiger partial charge in [0.05, 0.1) is 13.2 Å². The van der Waals surface area contributed by atoms with Gasteiger partial charge in [-0.2, -0.15) is 0 Å². The van der Waals surface area contributed by atoms with Crippen LogP contribution in [-0.4, -0.2) is 37.1 Å². The lowest BCUT2D eigenvalue weighted by atomic mass is 10.1. The highest BCUT2D eigenvalue weighted by atomic mass is 79.9. The van der Waals surface area contributed by atoms with Crippen molar-refractivity contribution < 1.29 is 9.53 Å². The predicted molar refractivity (Wildman–Crippen MR) is 69.9 cm³/mol. The van der Waals surface area contributed by atoms with Crippen molar-refractivity contribution >= 4 is 21.8 Å². The lowest BCUT2D eigenvalue weighted by Crippen LogP contribution is -2.40. The SMILES string of the molecule is O=C(CCc1ccccc1Br)N1CCOCC1. The minimum atomic E-state index is 0.226. The van der Waals surface area contributed by atoms with E-state index in [1.165, 1.54) is 5.56 Å². The Morgan fingerprint density at radius 2 is 2.00 bits per heavy atom. The van der Waals surface area contributed by atoms with Crippen molar-refractivity contribution in [2.45, 2.75) is 12.8 Å². The number of morpholine rings is 1. The smallest absolute Gasteiger partial charge is 0.223 e. The topological polar surface area (TPSA) is 29.5 Å². The van der Waals surface area contributed by atoms with Crippen molar-refractivity contribution in [2.24, 2.45) is 0 Å². The first kappa shape index (κ1) is 12.6. The summed E-state index contributed by atoms with van der Waals surface area (Å²) in [5.41, 5.74) is 1.19. The van der Waals surface area contributed by atoms with Gasteiger partial charge >= 0.3 is 0 Å². The molecule has 0 unspecified atom stereocenters. The first-order chi connectivity index (χ1) is 8.27. The lowest BCUT2D eigenvalue weighted by molar-refractivity contribution is -0.135. The van der Waals surface area contributed by atoms with E-state index in [0.717, 1.165) is 24.0 Å². The van der Waals surface area contributed by atoms with Gasteiger partial charge in [0.25, 0.3) is 0 Å². The number of carbonyl (C=O) groups is 1. The molecule has 3 nitrogen and oxygen atoms in total. The van der Waals surface area contributed by atoms with Crippen LogP contribution in [0, 0.1) is 0 Å². The first-order valence-electron chi connectivity index (χ1n) is 5.86. The molecule has 0 radical (unpaired) electrons. The van der Waals surface area contributed by atoms with Gasteiger partial charge in [-0.3, -0.25) is 4.79 Å². The van der Waals surface area contributed by atoms with Gasteiger partial charge < -0.3 is 9.64 Å². The van der Waals surface area contributed by atoms with Crippen molar-refractivity contribution in [1.29, 1.82) is 0 Å². The van der Waals surface area contributed by atoms with Crippen molar-refractivity contribution in [3.8, 4) is 0 Å². The molecule has 0 bridgehead atoms. The van der Waals surface area contributed by atoms with Gasteiger partial charge in [0.1, 0.15) is 0 Å². The summed E-state index contributed by atoms with van der Waals surface area (Å²) in [6.07, 6.45) is 1.36. The highest BCUT2D eigenvalue weighted by Gasteiger charge is 2.16. The van der Waals surface area contributed by atoms with Gasteiger partial charge in [-0.15, -0.1) is 0 Å². The third-order valence-corrected chi connectivity index (χ3v) is 3.70. The van der Waals surface area contributed by atoms with Gasteiger partial charge in [0, 0.05) is 24.0 Å². The van der Waals surface area contributed by atoms with Crippen molar-refractivity contribution in [3.63, 3.8) is 0 Å². The van der Waals surface area contributed by atoms with Crippen LogP contribution < -0.4 is 0 Å². The zero-order valence-electron chi connectivity index (χ0n) is 9.69. The molecule has 1 heterocycles. The molecule has 1 aromatic carbocycles. The number of halogens is 1. The maximum absolute atomic E-state index is 11.9. The molecule has 92 valence electrons. The van der Waals surface area contributed by atoms with Crippen molar-refractivity contribution in [3.05, 3.63) is 34.3 Å². The molecule has 17 heavy (non-hydrogen) atoms. The van der Waals surface area contributed by atoms with E-state index < -0.39 is 0 Å². The van der Waals surface area contributed by atoms with Crippen molar-refractivity contribution in [1.82, 2.24) is 4.90 Å². The Morgan fingerprint density at radius 1 is 1.29 bits per heavy atom. The van der Waals surface area contributed by atoms with Crippen LogP contribution in [0.4, 0.5) is 0 Å². The van der Waals surface area contributed by atoms with Crippen LogP contribution in [0.15, 0.2) is 28.7 Å². The Labute approximate surface area is 110 Å². The molecule has 0 saturated carbocycles. The number of benzene rings is 1. The molecule has 0 spiro atoms. The quantitative estimate of drug-likeness (QED) is 0.856. The molecular weight excluding hydrogens is 282 g/mol. The van der Waals surface area contributed by atoms with E-state index in [1.807, 2.05) is 23.1 Å². The number of amides is 1. The highest BCUT2D eigenvalue weighted by Crippen LogP contribution is 2.17. The summed E-state index contributed by atoms with van der Waals surface area (Å²) in [5, 5.41) is 0. The number of nitrogens with zero attached hydrogens (tertiary/aromatic N) is 1. The summed E-state index contributed by atoms with van der Waals surface area (Å²) < 4.78 is 6.31. The molecule has 1 aliphatic heterocycles. The van der Waals surface area contributed by atoms with Crippen molar-refractivity contribution in [2.75, 3.05) is 26.3 Å². The van der Waals surface area contributed by atoms with Gasteiger partial charge in [-0.1, -0.05) is 34.1 Å². The Balaban J connectivity index is 1.85. The normalized spacial score (nSPS) is 15.9. The van der Waals surface area contributed by atoms with Crippen LogP contribution in [0.2, 0.25) is 0 Å². The molecule has 1 amide bonds. The molecule has 0 N–H and O–H groups in total. The summed E-state index contributed by atoms with van der Waals surface area (Å²) in [5.74, 6) is 0.226. The second-order valence-electron chi connectivity index (χ2n) is 4.08. The van der Waals surface area contributed by atoms with E-state index in [2.05, 4.69) is 22.0 Å². The maximum Gasteiger partial charge on any atom is 0.223 e. The summed E-state index contributed by atoms with van der Waals surface area (Å²) in [6.45, 7) is 2.80. The Hall–Kier alpha value is -0.870. The third kappa shape index (κ3) is 3.54. The van der Waals surface area contributed by atoms with E-state index in [1.54, 1.807) is 0 Å². The maximum atomic E-state index is 11.9. The predicted octanol–water partition coefficient (Wildman–Crippen LogP) is 2.24. The summed E-state index contributed by atoms with van der Waals surface area (Å²) in [6, 6.07) is 8.04. The molecule has 0 aliphatic carbocycles. The third-order valence-electron chi connectivity index (χ3n) is 2.93. The largest absolute Gasteiger partial charge is 0.378 e. The minimum absolute atomic E-state index is 0.226. The monoisotopic (exact) mass is 297 g/mol. The zero-order chi connectivity index (χ0) is 12.1. The Bertz CT molecular complexity index is 389. The minimum Gasteiger partial charge on any atom is -0.378 e. The van der Waals surface area contributed by atoms with Crippen LogP contribution in [0.5, 0.6) is 0 Å². The molecule has 4 heteroatoms. The number of carbonyl (C=O) groups excluding carboxylic acids is 1. The Kier molecular flexibility index (Phi) is 4.57. The molecule has 2 rings (SSSR count). The van der Waals surface area contributed by atoms with Gasteiger partial charge in [-0.05, 0) is 18.1 Å². The van der Waals surface area contributed by atoms with Crippen LogP contribution >= 0.6 is 15.9 Å². The van der Waals surface area contributed by atoms with Gasteiger partial charge in [0.2, 0.25) is 5.91 Å². The van der Waals surface area contributed by atoms with Crippen LogP contribution in [0.25, 0.3) is 0 Å². The average molecular weight is 298 g/mol. The number of hydrogen-bond acceptors (Lipinski definition) is 2. The molecule has 1 aliphatic rings. The summed E-state index contributed by atoms with van der Waals surface area (Å²) in [4.78, 5) is 13.8. The summed E-state index contributed by atoms with van der Waals surface area (Å²) >= 11 is 3.50. The first-order valence-corrected chi connectivity index (χ1v) is 6.65. The molecule has 1 saturated heterocycles. The van der Waals surface area contributed by atoms with E-state index in [4.69, 9.17) is 4.74 Å². The average Bonchev–Trinajstić information content (AvgIpc) is 2.38. The molecule has 0 atom stereocenters. The van der Waals surface area contributed by atoms with Crippen LogP contribution in [0.3, 0.4) is 0 Å². The van der Waals surface area contributed by atoms with E-state index in [-0.39, 0.29) is 5.91 Å². The fourth-order valence-corrected chi connectivity index (χ4v) is 2.40. The highest BCUT2D eigenvalue weighted by molar-refractivity contribution is 9.10. The number of hydrogen-bond donors (Lipinski definition) is 0. The van der Waals surface area contributed by atoms with Crippen LogP contribution in [0.1, 0.15) is 12.0 Å². The molecule has 1 fully saturated rings. The zero-order valence-corrected chi connectivity index (χ0v) is 11.3. The number of ether oxygens (including phenoxy) is 1. The number of aryl methyl sites for hydroxylation is 1. The molecular formula is C13H16BrNO2. The second-order valence-corrected chi connectivity index (χ2v) is 4.94. The standard InChI is InChI=1S/C13H16BrNO2/c14-12-4-2-1-3-11(12)5-6-13(16)15-7-9-17-10-8-15/h1-4H,5-10H2. The van der Waals surface area contributed by atoms with Gasteiger partial charge in [-0.25, -0.2) is 0 Å². The fraction of sp³-hybridized carbons (Fsp3) is 0.462. The molecule has 0 aromatic heterocycles.